The molecule has 3 rings (SSSR count). The van der Waals surface area contributed by atoms with Crippen LogP contribution < -0.4 is 15.4 Å². The lowest BCUT2D eigenvalue weighted by atomic mass is 10.0. The Hall–Kier alpha value is -2.82. The van der Waals surface area contributed by atoms with Crippen LogP contribution in [0.1, 0.15) is 24.0 Å². The van der Waals surface area contributed by atoms with Gasteiger partial charge in [0.15, 0.2) is 0 Å². The molecule has 0 radical (unpaired) electrons. The van der Waals surface area contributed by atoms with Crippen LogP contribution in [0.5, 0.6) is 5.75 Å². The van der Waals surface area contributed by atoms with Gasteiger partial charge in [0.1, 0.15) is 11.2 Å². The van der Waals surface area contributed by atoms with Crippen LogP contribution in [0, 0.1) is 5.41 Å². The largest absolute Gasteiger partial charge is 0.497 e. The average Bonchev–Trinajstić information content (AvgIpc) is 3.49. The lowest BCUT2D eigenvalue weighted by Gasteiger charge is -2.15. The van der Waals surface area contributed by atoms with Gasteiger partial charge in [-0.15, -0.1) is 0 Å². The van der Waals surface area contributed by atoms with Gasteiger partial charge < -0.3 is 15.4 Å². The Morgan fingerprint density at radius 1 is 0.923 bits per heavy atom. The van der Waals surface area contributed by atoms with E-state index >= 15 is 0 Å². The number of nitrogens with one attached hydrogen (secondary N) is 2. The quantitative estimate of drug-likeness (QED) is 0.717. The van der Waals surface area contributed by atoms with E-state index in [1.165, 1.54) is 5.56 Å². The predicted octanol–water partition coefficient (Wildman–Crippen LogP) is 2.45. The molecule has 0 heterocycles. The van der Waals surface area contributed by atoms with Crippen LogP contribution in [-0.2, 0) is 22.6 Å². The summed E-state index contributed by atoms with van der Waals surface area (Å²) in [6.45, 7) is 0.943. The lowest BCUT2D eigenvalue weighted by molar-refractivity contribution is -0.137. The molecule has 1 aliphatic carbocycles. The number of methoxy groups -OCH3 is 1. The third kappa shape index (κ3) is 4.23. The molecule has 0 atom stereocenters. The summed E-state index contributed by atoms with van der Waals surface area (Å²) < 4.78 is 5.12. The van der Waals surface area contributed by atoms with E-state index in [0.717, 1.165) is 17.7 Å². The van der Waals surface area contributed by atoms with Crippen LogP contribution >= 0.6 is 0 Å². The summed E-state index contributed by atoms with van der Waals surface area (Å²) in [6.07, 6.45) is 1.98. The Bertz CT molecular complexity index is 753. The second-order valence-electron chi connectivity index (χ2n) is 6.60. The number of hydrogen-bond acceptors (Lipinski definition) is 3. The molecule has 2 amide bonds. The molecule has 0 unspecified atom stereocenters. The Labute approximate surface area is 153 Å². The van der Waals surface area contributed by atoms with Gasteiger partial charge >= 0.3 is 0 Å². The van der Waals surface area contributed by atoms with E-state index in [2.05, 4.69) is 10.6 Å². The summed E-state index contributed by atoms with van der Waals surface area (Å²) in [7, 11) is 1.62. The van der Waals surface area contributed by atoms with Crippen LogP contribution in [-0.4, -0.2) is 25.5 Å². The van der Waals surface area contributed by atoms with E-state index in [1.807, 2.05) is 54.6 Å². The highest BCUT2D eigenvalue weighted by Gasteiger charge is 2.56. The summed E-state index contributed by atoms with van der Waals surface area (Å²) in [5, 5.41) is 5.80. The molecular weight excluding hydrogens is 328 g/mol. The number of hydrogen-bond donors (Lipinski definition) is 2. The van der Waals surface area contributed by atoms with Crippen molar-refractivity contribution in [2.24, 2.45) is 5.41 Å². The van der Waals surface area contributed by atoms with Crippen LogP contribution in [0.15, 0.2) is 54.6 Å². The number of carbonyl (C=O) groups excluding carboxylic acids is 2. The zero-order valence-corrected chi connectivity index (χ0v) is 15.0. The van der Waals surface area contributed by atoms with Gasteiger partial charge in [-0.3, -0.25) is 9.59 Å². The Balaban J connectivity index is 1.47. The monoisotopic (exact) mass is 352 g/mol. The van der Waals surface area contributed by atoms with Gasteiger partial charge in [-0.05, 0) is 42.5 Å². The molecule has 0 bridgehead atoms. The zero-order chi connectivity index (χ0) is 18.4. The van der Waals surface area contributed by atoms with Crippen molar-refractivity contribution in [1.29, 1.82) is 0 Å². The van der Waals surface area contributed by atoms with Crippen LogP contribution in [0.3, 0.4) is 0 Å². The maximum absolute atomic E-state index is 12.5. The second-order valence-corrected chi connectivity index (χ2v) is 6.60. The maximum Gasteiger partial charge on any atom is 0.235 e. The maximum atomic E-state index is 12.5. The molecule has 2 aromatic rings. The van der Waals surface area contributed by atoms with Crippen molar-refractivity contribution >= 4 is 11.8 Å². The van der Waals surface area contributed by atoms with Gasteiger partial charge in [-0.25, -0.2) is 0 Å². The van der Waals surface area contributed by atoms with Gasteiger partial charge in [0.2, 0.25) is 11.8 Å². The number of rotatable bonds is 8. The SMILES string of the molecule is COc1ccc(CNC(=O)C2(C(=O)NCCc3ccccc3)CC2)cc1. The van der Waals surface area contributed by atoms with E-state index < -0.39 is 5.41 Å². The Morgan fingerprint density at radius 2 is 1.58 bits per heavy atom. The fraction of sp³-hybridized carbons (Fsp3) is 0.333. The van der Waals surface area contributed by atoms with Crippen molar-refractivity contribution in [3.63, 3.8) is 0 Å². The molecule has 2 N–H and O–H groups in total. The molecule has 0 spiro atoms. The second kappa shape index (κ2) is 8.04. The van der Waals surface area contributed by atoms with Gasteiger partial charge in [-0.1, -0.05) is 42.5 Å². The molecule has 0 aromatic heterocycles. The van der Waals surface area contributed by atoms with Crippen molar-refractivity contribution in [3.8, 4) is 5.75 Å². The normalized spacial score (nSPS) is 14.3. The first-order valence-corrected chi connectivity index (χ1v) is 8.87. The first-order valence-electron chi connectivity index (χ1n) is 8.87. The highest BCUT2D eigenvalue weighted by atomic mass is 16.5. The minimum Gasteiger partial charge on any atom is -0.497 e. The standard InChI is InChI=1S/C21H24N2O3/c1-26-18-9-7-17(8-10-18)15-23-20(25)21(12-13-21)19(24)22-14-11-16-5-3-2-4-6-16/h2-10H,11-15H2,1H3,(H,22,24)(H,23,25). The van der Waals surface area contributed by atoms with E-state index in [4.69, 9.17) is 4.74 Å². The highest BCUT2D eigenvalue weighted by Crippen LogP contribution is 2.46. The van der Waals surface area contributed by atoms with Crippen molar-refractivity contribution in [2.75, 3.05) is 13.7 Å². The average molecular weight is 352 g/mol. The number of carbonyl (C=O) groups is 2. The van der Waals surface area contributed by atoms with Gasteiger partial charge in [0, 0.05) is 13.1 Å². The molecule has 5 nitrogen and oxygen atoms in total. The third-order valence-corrected chi connectivity index (χ3v) is 4.77. The molecule has 5 heteroatoms. The molecule has 26 heavy (non-hydrogen) atoms. The van der Waals surface area contributed by atoms with Gasteiger partial charge in [0.25, 0.3) is 0 Å². The van der Waals surface area contributed by atoms with Crippen molar-refractivity contribution < 1.29 is 14.3 Å². The Kier molecular flexibility index (Phi) is 5.56. The van der Waals surface area contributed by atoms with Gasteiger partial charge in [-0.2, -0.15) is 0 Å². The minimum absolute atomic E-state index is 0.166. The van der Waals surface area contributed by atoms with Crippen LogP contribution in [0.25, 0.3) is 0 Å². The molecule has 1 aliphatic rings. The number of amides is 2. The fourth-order valence-corrected chi connectivity index (χ4v) is 2.91. The first-order chi connectivity index (χ1) is 12.6. The predicted molar refractivity (Wildman–Crippen MR) is 99.7 cm³/mol. The highest BCUT2D eigenvalue weighted by molar-refractivity contribution is 6.07. The zero-order valence-electron chi connectivity index (χ0n) is 15.0. The lowest BCUT2D eigenvalue weighted by Crippen LogP contribution is -2.43. The summed E-state index contributed by atoms with van der Waals surface area (Å²) in [5.41, 5.74) is 1.25. The molecule has 0 aliphatic heterocycles. The molecule has 136 valence electrons. The Morgan fingerprint density at radius 3 is 2.19 bits per heavy atom. The number of benzene rings is 2. The van der Waals surface area contributed by atoms with Crippen molar-refractivity contribution in [2.45, 2.75) is 25.8 Å². The summed E-state index contributed by atoms with van der Waals surface area (Å²) in [5.74, 6) is 0.419. The smallest absolute Gasteiger partial charge is 0.235 e. The molecule has 1 fully saturated rings. The van der Waals surface area contributed by atoms with E-state index in [-0.39, 0.29) is 11.8 Å². The summed E-state index contributed by atoms with van der Waals surface area (Å²) >= 11 is 0. The summed E-state index contributed by atoms with van der Waals surface area (Å²) in [4.78, 5) is 25.0. The van der Waals surface area contributed by atoms with E-state index in [1.54, 1.807) is 7.11 Å². The van der Waals surface area contributed by atoms with E-state index in [9.17, 15) is 9.59 Å². The third-order valence-electron chi connectivity index (χ3n) is 4.77. The number of ether oxygens (including phenoxy) is 1. The molecule has 2 aromatic carbocycles. The topological polar surface area (TPSA) is 67.4 Å². The van der Waals surface area contributed by atoms with Crippen molar-refractivity contribution in [1.82, 2.24) is 10.6 Å². The molecule has 0 saturated heterocycles. The molecule has 1 saturated carbocycles. The fourth-order valence-electron chi connectivity index (χ4n) is 2.91. The van der Waals surface area contributed by atoms with Gasteiger partial charge in [0.05, 0.1) is 7.11 Å². The van der Waals surface area contributed by atoms with E-state index in [0.29, 0.717) is 25.9 Å². The summed E-state index contributed by atoms with van der Waals surface area (Å²) in [6, 6.07) is 17.5. The first kappa shape index (κ1) is 18.0. The van der Waals surface area contributed by atoms with Crippen molar-refractivity contribution in [3.05, 3.63) is 65.7 Å². The minimum atomic E-state index is -0.886. The van der Waals surface area contributed by atoms with Crippen LogP contribution in [0.4, 0.5) is 0 Å². The van der Waals surface area contributed by atoms with Crippen LogP contribution in [0.2, 0.25) is 0 Å². The molecular formula is C21H24N2O3.